The highest BCUT2D eigenvalue weighted by Crippen LogP contribution is 2.27. The number of nitrogens with one attached hydrogen (secondary N) is 1. The fraction of sp³-hybridized carbons (Fsp3) is 0.556. The van der Waals surface area contributed by atoms with E-state index in [4.69, 9.17) is 0 Å². The molecule has 2 heteroatoms. The number of fused-ring (bicyclic) bond motifs is 1. The maximum atomic E-state index is 3.39. The summed E-state index contributed by atoms with van der Waals surface area (Å²) in [7, 11) is 2.05. The first kappa shape index (κ1) is 6.92. The van der Waals surface area contributed by atoms with Crippen molar-refractivity contribution in [1.82, 2.24) is 10.4 Å². The van der Waals surface area contributed by atoms with Gasteiger partial charge in [0.2, 0.25) is 0 Å². The van der Waals surface area contributed by atoms with Crippen LogP contribution in [-0.2, 0) is 0 Å². The zero-order valence-electron chi connectivity index (χ0n) is 7.09. The Labute approximate surface area is 67.5 Å². The maximum absolute atomic E-state index is 3.39. The molecule has 0 aromatic carbocycles. The van der Waals surface area contributed by atoms with Crippen LogP contribution >= 0.6 is 0 Å². The Bertz CT molecular complexity index is 228. The summed E-state index contributed by atoms with van der Waals surface area (Å²) in [4.78, 5) is 0. The van der Waals surface area contributed by atoms with Gasteiger partial charge in [-0.2, -0.15) is 0 Å². The van der Waals surface area contributed by atoms with E-state index < -0.39 is 0 Å². The lowest BCUT2D eigenvalue weighted by molar-refractivity contribution is 0.320. The fourth-order valence-electron chi connectivity index (χ4n) is 1.83. The van der Waals surface area contributed by atoms with Crippen LogP contribution in [0.1, 0.15) is 19.8 Å². The van der Waals surface area contributed by atoms with Crippen LogP contribution in [0.4, 0.5) is 0 Å². The van der Waals surface area contributed by atoms with Gasteiger partial charge in [-0.25, -0.2) is 5.43 Å². The second kappa shape index (κ2) is 2.38. The van der Waals surface area contributed by atoms with Crippen LogP contribution in [0.15, 0.2) is 23.4 Å². The zero-order valence-corrected chi connectivity index (χ0v) is 7.09. The van der Waals surface area contributed by atoms with Crippen molar-refractivity contribution in [2.24, 2.45) is 0 Å². The molecule has 1 aliphatic carbocycles. The van der Waals surface area contributed by atoms with E-state index >= 15 is 0 Å². The summed E-state index contributed by atoms with van der Waals surface area (Å²) in [6.07, 6.45) is 6.97. The molecule has 0 bridgehead atoms. The molecule has 0 amide bonds. The molecule has 0 fully saturated rings. The summed E-state index contributed by atoms with van der Waals surface area (Å²) in [6, 6.07) is 0.588. The first-order valence-electron chi connectivity index (χ1n) is 4.15. The Morgan fingerprint density at radius 2 is 2.45 bits per heavy atom. The van der Waals surface area contributed by atoms with E-state index in [1.165, 1.54) is 24.0 Å². The lowest BCUT2D eigenvalue weighted by atomic mass is 9.92. The van der Waals surface area contributed by atoms with Crippen molar-refractivity contribution in [3.8, 4) is 0 Å². The predicted octanol–water partition coefficient (Wildman–Crippen LogP) is 1.43. The number of hydrogen-bond acceptors (Lipinski definition) is 2. The topological polar surface area (TPSA) is 15.3 Å². The van der Waals surface area contributed by atoms with Gasteiger partial charge in [-0.15, -0.1) is 0 Å². The molecule has 0 unspecified atom stereocenters. The SMILES string of the molecule is CC1=CCC[C@@H]2NN(C)C=C12. The molecule has 1 aliphatic heterocycles. The fourth-order valence-corrected chi connectivity index (χ4v) is 1.83. The Morgan fingerprint density at radius 3 is 3.18 bits per heavy atom. The highest BCUT2D eigenvalue weighted by atomic mass is 15.5. The zero-order chi connectivity index (χ0) is 7.84. The summed E-state index contributed by atoms with van der Waals surface area (Å²) in [5.74, 6) is 0. The summed E-state index contributed by atoms with van der Waals surface area (Å²) in [5.41, 5.74) is 6.30. The molecule has 0 aromatic heterocycles. The standard InChI is InChI=1S/C9H14N2/c1-7-4-3-5-9-8(7)6-11(2)10-9/h4,6,9-10H,3,5H2,1-2H3/t9-/m0/s1. The van der Waals surface area contributed by atoms with Crippen molar-refractivity contribution in [1.29, 1.82) is 0 Å². The molecule has 0 saturated carbocycles. The molecule has 0 saturated heterocycles. The number of hydrogen-bond donors (Lipinski definition) is 1. The molecule has 1 atom stereocenters. The van der Waals surface area contributed by atoms with Gasteiger partial charge in [-0.1, -0.05) is 6.08 Å². The minimum Gasteiger partial charge on any atom is -0.318 e. The van der Waals surface area contributed by atoms with Crippen LogP contribution in [0.3, 0.4) is 0 Å². The molecule has 0 spiro atoms. The molecule has 2 rings (SSSR count). The molecular formula is C9H14N2. The van der Waals surface area contributed by atoms with Gasteiger partial charge in [0.25, 0.3) is 0 Å². The normalized spacial score (nSPS) is 29.6. The van der Waals surface area contributed by atoms with Gasteiger partial charge in [0, 0.05) is 13.2 Å². The number of hydrazine groups is 1. The molecule has 60 valence electrons. The Balaban J connectivity index is 2.29. The summed E-state index contributed by atoms with van der Waals surface area (Å²) >= 11 is 0. The van der Waals surface area contributed by atoms with Crippen molar-refractivity contribution < 1.29 is 0 Å². The summed E-state index contributed by atoms with van der Waals surface area (Å²) in [5, 5.41) is 2.06. The molecule has 0 radical (unpaired) electrons. The Kier molecular flexibility index (Phi) is 1.50. The number of allylic oxidation sites excluding steroid dienone is 1. The summed E-state index contributed by atoms with van der Waals surface area (Å²) < 4.78 is 0. The van der Waals surface area contributed by atoms with Gasteiger partial charge in [0.05, 0.1) is 6.04 Å². The van der Waals surface area contributed by atoms with Gasteiger partial charge >= 0.3 is 0 Å². The lowest BCUT2D eigenvalue weighted by Crippen LogP contribution is -2.34. The van der Waals surface area contributed by atoms with Crippen molar-refractivity contribution in [2.75, 3.05) is 7.05 Å². The van der Waals surface area contributed by atoms with E-state index in [2.05, 4.69) is 36.7 Å². The van der Waals surface area contributed by atoms with Gasteiger partial charge in [0.1, 0.15) is 0 Å². The average Bonchev–Trinajstić information content (AvgIpc) is 2.31. The summed E-state index contributed by atoms with van der Waals surface area (Å²) in [6.45, 7) is 2.19. The monoisotopic (exact) mass is 150 g/mol. The smallest absolute Gasteiger partial charge is 0.0532 e. The quantitative estimate of drug-likeness (QED) is 0.562. The van der Waals surface area contributed by atoms with Crippen LogP contribution in [0, 0.1) is 0 Å². The maximum Gasteiger partial charge on any atom is 0.0532 e. The van der Waals surface area contributed by atoms with E-state index in [9.17, 15) is 0 Å². The molecule has 2 nitrogen and oxygen atoms in total. The van der Waals surface area contributed by atoms with Gasteiger partial charge in [-0.05, 0) is 30.9 Å². The Morgan fingerprint density at radius 1 is 1.64 bits per heavy atom. The van der Waals surface area contributed by atoms with Gasteiger partial charge in [-0.3, -0.25) is 0 Å². The number of rotatable bonds is 0. The first-order chi connectivity index (χ1) is 5.27. The van der Waals surface area contributed by atoms with Crippen molar-refractivity contribution >= 4 is 0 Å². The molecule has 11 heavy (non-hydrogen) atoms. The van der Waals surface area contributed by atoms with Gasteiger partial charge in [0.15, 0.2) is 0 Å². The highest BCUT2D eigenvalue weighted by Gasteiger charge is 2.24. The molecule has 0 aromatic rings. The van der Waals surface area contributed by atoms with E-state index in [1.807, 2.05) is 0 Å². The molecular weight excluding hydrogens is 136 g/mol. The third-order valence-corrected chi connectivity index (χ3v) is 2.43. The van der Waals surface area contributed by atoms with E-state index in [0.29, 0.717) is 6.04 Å². The van der Waals surface area contributed by atoms with E-state index in [-0.39, 0.29) is 0 Å². The van der Waals surface area contributed by atoms with Crippen molar-refractivity contribution in [3.63, 3.8) is 0 Å². The highest BCUT2D eigenvalue weighted by molar-refractivity contribution is 5.37. The minimum atomic E-state index is 0.588. The van der Waals surface area contributed by atoms with Crippen molar-refractivity contribution in [2.45, 2.75) is 25.8 Å². The van der Waals surface area contributed by atoms with Crippen molar-refractivity contribution in [3.05, 3.63) is 23.4 Å². The minimum absolute atomic E-state index is 0.588. The lowest BCUT2D eigenvalue weighted by Gasteiger charge is -2.20. The largest absolute Gasteiger partial charge is 0.318 e. The third kappa shape index (κ3) is 1.07. The predicted molar refractivity (Wildman–Crippen MR) is 45.8 cm³/mol. The Hall–Kier alpha value is -0.760. The van der Waals surface area contributed by atoms with Gasteiger partial charge < -0.3 is 5.01 Å². The van der Waals surface area contributed by atoms with E-state index in [1.54, 1.807) is 0 Å². The number of nitrogens with zero attached hydrogens (tertiary/aromatic N) is 1. The van der Waals surface area contributed by atoms with E-state index in [0.717, 1.165) is 0 Å². The van der Waals surface area contributed by atoms with Crippen LogP contribution in [0.5, 0.6) is 0 Å². The first-order valence-corrected chi connectivity index (χ1v) is 4.15. The van der Waals surface area contributed by atoms with Crippen LogP contribution in [0.2, 0.25) is 0 Å². The molecule has 1 heterocycles. The van der Waals surface area contributed by atoms with Crippen LogP contribution < -0.4 is 5.43 Å². The van der Waals surface area contributed by atoms with Crippen LogP contribution in [-0.4, -0.2) is 18.1 Å². The third-order valence-electron chi connectivity index (χ3n) is 2.43. The van der Waals surface area contributed by atoms with Crippen LogP contribution in [0.25, 0.3) is 0 Å². The molecule has 1 N–H and O–H groups in total. The average molecular weight is 150 g/mol. The molecule has 2 aliphatic rings. The second-order valence-electron chi connectivity index (χ2n) is 3.34. The second-order valence-corrected chi connectivity index (χ2v) is 3.34.